The second kappa shape index (κ2) is 6.48. The number of carbonyl (C=O) groups excluding carboxylic acids is 1. The van der Waals surface area contributed by atoms with Gasteiger partial charge in [0.1, 0.15) is 11.6 Å². The Bertz CT molecular complexity index is 693. The highest BCUT2D eigenvalue weighted by molar-refractivity contribution is 5.99. The van der Waals surface area contributed by atoms with Crippen molar-refractivity contribution in [3.63, 3.8) is 0 Å². The van der Waals surface area contributed by atoms with Crippen molar-refractivity contribution in [3.05, 3.63) is 59.7 Å². The van der Waals surface area contributed by atoms with Gasteiger partial charge in [-0.15, -0.1) is 0 Å². The number of urea groups is 1. The fourth-order valence-corrected chi connectivity index (χ4v) is 1.67. The third-order valence-electron chi connectivity index (χ3n) is 2.67. The Labute approximate surface area is 120 Å². The van der Waals surface area contributed by atoms with Gasteiger partial charge in [-0.3, -0.25) is 0 Å². The first-order valence-electron chi connectivity index (χ1n) is 6.07. The molecule has 0 saturated carbocycles. The van der Waals surface area contributed by atoms with Gasteiger partial charge in [0, 0.05) is 11.8 Å². The van der Waals surface area contributed by atoms with Crippen LogP contribution in [0.2, 0.25) is 0 Å². The van der Waals surface area contributed by atoms with E-state index in [1.807, 2.05) is 6.07 Å². The third kappa shape index (κ3) is 4.01. The molecule has 4 nitrogen and oxygen atoms in total. The summed E-state index contributed by atoms with van der Waals surface area (Å²) in [7, 11) is 0. The molecule has 0 saturated heterocycles. The lowest BCUT2D eigenvalue weighted by atomic mass is 10.1. The average molecular weight is 287 g/mol. The summed E-state index contributed by atoms with van der Waals surface area (Å²) in [6.07, 6.45) is 0.285. The number of nitrogens with one attached hydrogen (secondary N) is 2. The van der Waals surface area contributed by atoms with E-state index in [1.165, 1.54) is 0 Å². The zero-order valence-corrected chi connectivity index (χ0v) is 10.9. The topological polar surface area (TPSA) is 64.9 Å². The molecule has 0 aliphatic rings. The van der Waals surface area contributed by atoms with Crippen LogP contribution in [0.25, 0.3) is 0 Å². The molecule has 2 rings (SSSR count). The number of anilines is 2. The number of benzene rings is 2. The zero-order valence-electron chi connectivity index (χ0n) is 10.9. The first-order chi connectivity index (χ1) is 10.1. The number of nitrogens with zero attached hydrogens (tertiary/aromatic N) is 1. The third-order valence-corrected chi connectivity index (χ3v) is 2.67. The van der Waals surface area contributed by atoms with E-state index in [0.717, 1.165) is 17.7 Å². The Morgan fingerprint density at radius 1 is 1.10 bits per heavy atom. The van der Waals surface area contributed by atoms with Gasteiger partial charge in [-0.1, -0.05) is 12.1 Å². The minimum atomic E-state index is -0.852. The lowest BCUT2D eigenvalue weighted by Gasteiger charge is -2.08. The van der Waals surface area contributed by atoms with Crippen molar-refractivity contribution in [1.29, 1.82) is 5.26 Å². The lowest BCUT2D eigenvalue weighted by Crippen LogP contribution is -2.20. The molecule has 0 atom stereocenters. The van der Waals surface area contributed by atoms with Crippen LogP contribution in [0.4, 0.5) is 25.0 Å². The number of halogens is 2. The minimum Gasteiger partial charge on any atom is -0.308 e. The molecule has 6 heteroatoms. The van der Waals surface area contributed by atoms with Crippen molar-refractivity contribution >= 4 is 17.4 Å². The van der Waals surface area contributed by atoms with E-state index in [0.29, 0.717) is 11.8 Å². The molecular formula is C15H11F2N3O. The van der Waals surface area contributed by atoms with Crippen LogP contribution >= 0.6 is 0 Å². The quantitative estimate of drug-likeness (QED) is 0.904. The Hall–Kier alpha value is -2.94. The average Bonchev–Trinajstić information content (AvgIpc) is 2.44. The van der Waals surface area contributed by atoms with Gasteiger partial charge in [0.25, 0.3) is 0 Å². The van der Waals surface area contributed by atoms with Gasteiger partial charge in [0.15, 0.2) is 0 Å². The van der Waals surface area contributed by atoms with E-state index in [9.17, 15) is 13.6 Å². The van der Waals surface area contributed by atoms with Gasteiger partial charge in [-0.2, -0.15) is 5.26 Å². The SMILES string of the molecule is N#CCc1ccc(NC(=O)Nc2ccc(F)cc2F)cc1. The highest BCUT2D eigenvalue weighted by Crippen LogP contribution is 2.16. The molecule has 2 aromatic rings. The van der Waals surface area contributed by atoms with Gasteiger partial charge in [-0.05, 0) is 29.8 Å². The highest BCUT2D eigenvalue weighted by atomic mass is 19.1. The maximum absolute atomic E-state index is 13.4. The number of amides is 2. The number of nitriles is 1. The second-order valence-electron chi connectivity index (χ2n) is 4.24. The van der Waals surface area contributed by atoms with Crippen LogP contribution in [0, 0.1) is 23.0 Å². The fraction of sp³-hybridized carbons (Fsp3) is 0.0667. The molecule has 0 heterocycles. The Kier molecular flexibility index (Phi) is 4.46. The Morgan fingerprint density at radius 2 is 1.81 bits per heavy atom. The molecule has 0 fully saturated rings. The van der Waals surface area contributed by atoms with Gasteiger partial charge in [-0.25, -0.2) is 13.6 Å². The van der Waals surface area contributed by atoms with Crippen LogP contribution in [0.1, 0.15) is 5.56 Å². The smallest absolute Gasteiger partial charge is 0.308 e. The summed E-state index contributed by atoms with van der Waals surface area (Å²) in [5.74, 6) is -1.57. The van der Waals surface area contributed by atoms with Crippen molar-refractivity contribution in [2.45, 2.75) is 6.42 Å². The molecule has 21 heavy (non-hydrogen) atoms. The summed E-state index contributed by atoms with van der Waals surface area (Å²) >= 11 is 0. The predicted molar refractivity (Wildman–Crippen MR) is 74.8 cm³/mol. The fourth-order valence-electron chi connectivity index (χ4n) is 1.67. The van der Waals surface area contributed by atoms with E-state index in [1.54, 1.807) is 24.3 Å². The van der Waals surface area contributed by atoms with Crippen LogP contribution < -0.4 is 10.6 Å². The zero-order chi connectivity index (χ0) is 15.2. The molecule has 0 aromatic heterocycles. The van der Waals surface area contributed by atoms with Crippen molar-refractivity contribution in [2.24, 2.45) is 0 Å². The molecule has 0 unspecified atom stereocenters. The summed E-state index contributed by atoms with van der Waals surface area (Å²) < 4.78 is 26.1. The number of rotatable bonds is 3. The number of hydrogen-bond donors (Lipinski definition) is 2. The first-order valence-corrected chi connectivity index (χ1v) is 6.07. The first kappa shape index (κ1) is 14.5. The summed E-state index contributed by atoms with van der Waals surface area (Å²) in [4.78, 5) is 11.7. The van der Waals surface area contributed by atoms with Crippen molar-refractivity contribution < 1.29 is 13.6 Å². The largest absolute Gasteiger partial charge is 0.323 e. The van der Waals surface area contributed by atoms with Crippen LogP contribution in [-0.4, -0.2) is 6.03 Å². The number of hydrogen-bond acceptors (Lipinski definition) is 2. The van der Waals surface area contributed by atoms with Crippen molar-refractivity contribution in [1.82, 2.24) is 0 Å². The maximum Gasteiger partial charge on any atom is 0.323 e. The number of carbonyl (C=O) groups is 1. The van der Waals surface area contributed by atoms with Gasteiger partial charge in [0.2, 0.25) is 0 Å². The highest BCUT2D eigenvalue weighted by Gasteiger charge is 2.08. The van der Waals surface area contributed by atoms with Gasteiger partial charge in [0.05, 0.1) is 18.2 Å². The van der Waals surface area contributed by atoms with Crippen LogP contribution in [0.5, 0.6) is 0 Å². The van der Waals surface area contributed by atoms with E-state index >= 15 is 0 Å². The summed E-state index contributed by atoms with van der Waals surface area (Å²) in [5.41, 5.74) is 1.21. The van der Waals surface area contributed by atoms with E-state index < -0.39 is 17.7 Å². The molecule has 2 amide bonds. The van der Waals surface area contributed by atoms with Gasteiger partial charge >= 0.3 is 6.03 Å². The van der Waals surface area contributed by atoms with Gasteiger partial charge < -0.3 is 10.6 Å². The summed E-state index contributed by atoms with van der Waals surface area (Å²) in [6, 6.07) is 10.9. The Balaban J connectivity index is 1.99. The van der Waals surface area contributed by atoms with Crippen molar-refractivity contribution in [2.75, 3.05) is 10.6 Å². The molecule has 0 aliphatic heterocycles. The Morgan fingerprint density at radius 3 is 2.43 bits per heavy atom. The predicted octanol–water partition coefficient (Wildman–Crippen LogP) is 3.67. The van der Waals surface area contributed by atoms with Crippen molar-refractivity contribution in [3.8, 4) is 6.07 Å². The molecule has 2 N–H and O–H groups in total. The maximum atomic E-state index is 13.4. The minimum absolute atomic E-state index is 0.116. The van der Waals surface area contributed by atoms with Crippen LogP contribution in [-0.2, 0) is 6.42 Å². The molecule has 0 bridgehead atoms. The molecule has 0 radical (unpaired) electrons. The standard InChI is InChI=1S/C15H11F2N3O/c16-11-3-6-14(13(17)9-11)20-15(21)19-12-4-1-10(2-5-12)7-8-18/h1-6,9H,7H2,(H2,19,20,21). The normalized spacial score (nSPS) is 9.76. The van der Waals surface area contributed by atoms with Crippen LogP contribution in [0.15, 0.2) is 42.5 Å². The molecule has 106 valence electrons. The second-order valence-corrected chi connectivity index (χ2v) is 4.24. The van der Waals surface area contributed by atoms with E-state index in [2.05, 4.69) is 10.6 Å². The molecule has 2 aromatic carbocycles. The van der Waals surface area contributed by atoms with Crippen LogP contribution in [0.3, 0.4) is 0 Å². The van der Waals surface area contributed by atoms with E-state index in [4.69, 9.17) is 5.26 Å². The molecule has 0 spiro atoms. The summed E-state index contributed by atoms with van der Waals surface area (Å²) in [5, 5.41) is 13.3. The lowest BCUT2D eigenvalue weighted by molar-refractivity contribution is 0.262. The van der Waals surface area contributed by atoms with E-state index in [-0.39, 0.29) is 12.1 Å². The molecule has 0 aliphatic carbocycles. The molecular weight excluding hydrogens is 276 g/mol. The summed E-state index contributed by atoms with van der Waals surface area (Å²) in [6.45, 7) is 0. The monoisotopic (exact) mass is 287 g/mol.